The molecule has 0 bridgehead atoms. The summed E-state index contributed by atoms with van der Waals surface area (Å²) in [5.41, 5.74) is -0.759. The van der Waals surface area contributed by atoms with Gasteiger partial charge in [-0.25, -0.2) is 8.42 Å². The van der Waals surface area contributed by atoms with Gasteiger partial charge in [-0.1, -0.05) is 78.4 Å². The van der Waals surface area contributed by atoms with Crippen molar-refractivity contribution < 1.29 is 46.2 Å². The standard InChI is InChI=1S/C25H28NP.C8H12.CHF3O3S.Ir/c1-19-16-20(2)24(21(3)17-19)26-18-25(4,5)27(22-12-8-6-9-13-22)23-14-10-7-11-15-23;1-2-4-6-8-7-5-3-1;2-1(3,4)8(5,6)7;/h6-18H,1-5H3;1-2,7-8H,3-6H2;(H,5,6,7);/b;2-1-,8-7-;;. The van der Waals surface area contributed by atoms with Crippen LogP contribution in [0.4, 0.5) is 18.9 Å². The summed E-state index contributed by atoms with van der Waals surface area (Å²) in [6, 6.07) is 26.2. The zero-order valence-corrected chi connectivity index (χ0v) is 29.9. The molecule has 1 aliphatic rings. The summed E-state index contributed by atoms with van der Waals surface area (Å²) in [4.78, 5) is 4.99. The molecule has 0 atom stereocenters. The van der Waals surface area contributed by atoms with Gasteiger partial charge in [0.25, 0.3) is 0 Å². The van der Waals surface area contributed by atoms with E-state index in [1.165, 1.54) is 53.0 Å². The Morgan fingerprint density at radius 3 is 1.41 bits per heavy atom. The number of rotatable bonds is 5. The monoisotopic (exact) mass is 824 g/mol. The van der Waals surface area contributed by atoms with Crippen molar-refractivity contribution in [3.05, 3.63) is 114 Å². The van der Waals surface area contributed by atoms with E-state index < -0.39 is 23.5 Å². The molecule has 44 heavy (non-hydrogen) atoms. The van der Waals surface area contributed by atoms with E-state index in [9.17, 15) is 13.2 Å². The smallest absolute Gasteiger partial charge is 0.485 e. The largest absolute Gasteiger partial charge is 0.741 e. The van der Waals surface area contributed by atoms with Crippen molar-refractivity contribution in [1.29, 1.82) is 0 Å². The van der Waals surface area contributed by atoms with E-state index in [4.69, 9.17) is 18.0 Å². The predicted molar refractivity (Wildman–Crippen MR) is 176 cm³/mol. The van der Waals surface area contributed by atoms with E-state index in [0.717, 1.165) is 5.69 Å². The first-order chi connectivity index (χ1) is 20.1. The molecule has 0 amide bonds. The average Bonchev–Trinajstić information content (AvgIpc) is 2.88. The molecular weight excluding hydrogens is 783 g/mol. The summed E-state index contributed by atoms with van der Waals surface area (Å²) in [6.45, 7) is 11.1. The molecule has 0 saturated heterocycles. The molecule has 0 N–H and O–H groups in total. The van der Waals surface area contributed by atoms with Crippen molar-refractivity contribution in [3.8, 4) is 0 Å². The minimum Gasteiger partial charge on any atom is -0.741 e. The average molecular weight is 824 g/mol. The van der Waals surface area contributed by atoms with Crippen molar-refractivity contribution in [2.45, 2.75) is 71.0 Å². The van der Waals surface area contributed by atoms with Crippen molar-refractivity contribution in [2.75, 3.05) is 0 Å². The summed E-state index contributed by atoms with van der Waals surface area (Å²) in [5.74, 6) is 0. The summed E-state index contributed by atoms with van der Waals surface area (Å²) >= 11 is 0. The molecule has 0 heterocycles. The molecule has 3 aromatic carbocycles. The van der Waals surface area contributed by atoms with Gasteiger partial charge in [0, 0.05) is 26.3 Å². The maximum absolute atomic E-state index is 10.7. The Kier molecular flexibility index (Phi) is 16.7. The van der Waals surface area contributed by atoms with Crippen LogP contribution in [0.5, 0.6) is 0 Å². The summed E-state index contributed by atoms with van der Waals surface area (Å²) in [5, 5.41) is 2.81. The Balaban J connectivity index is 0.000000467. The van der Waals surface area contributed by atoms with E-state index in [1.807, 2.05) is 0 Å². The Morgan fingerprint density at radius 1 is 0.750 bits per heavy atom. The second-order valence-corrected chi connectivity index (χ2v) is 15.4. The van der Waals surface area contributed by atoms with Crippen LogP contribution < -0.4 is 10.6 Å². The molecule has 0 saturated carbocycles. The van der Waals surface area contributed by atoms with Gasteiger partial charge in [0.2, 0.25) is 0 Å². The third kappa shape index (κ3) is 13.3. The minimum absolute atomic E-state index is 0. The molecular formula is C34H41F3IrNO3PS. The fourth-order valence-corrected chi connectivity index (χ4v) is 7.71. The zero-order chi connectivity index (χ0) is 32.1. The van der Waals surface area contributed by atoms with Crippen LogP contribution in [0.2, 0.25) is 0 Å². The second kappa shape index (κ2) is 18.5. The van der Waals surface area contributed by atoms with Gasteiger partial charge in [-0.05, 0) is 95.7 Å². The van der Waals surface area contributed by atoms with Crippen LogP contribution in [0.25, 0.3) is 0 Å². The maximum atomic E-state index is 10.7. The fraction of sp³-hybridized carbons (Fsp3) is 0.324. The zero-order valence-electron chi connectivity index (χ0n) is 25.7. The molecule has 0 unspecified atom stereocenters. The number of hydrogen-bond acceptors (Lipinski definition) is 4. The van der Waals surface area contributed by atoms with Crippen molar-refractivity contribution in [3.63, 3.8) is 0 Å². The van der Waals surface area contributed by atoms with Gasteiger partial charge in [-0.15, -0.1) is 0 Å². The SMILES string of the molecule is C1=C\CC/C=C\CC/1.Cc1cc(C)c(N=CC(C)(C)[PH+](c2ccccc2)c2ccccc2)c(C)c1.O=S(=O)([O-])C(F)(F)F.[Ir]. The topological polar surface area (TPSA) is 69.6 Å². The van der Waals surface area contributed by atoms with E-state index >= 15 is 0 Å². The second-order valence-electron chi connectivity index (χ2n) is 10.8. The van der Waals surface area contributed by atoms with Crippen molar-refractivity contribution in [1.82, 2.24) is 0 Å². The molecule has 0 fully saturated rings. The normalized spacial score (nSPS) is 15.0. The molecule has 0 aliphatic heterocycles. The van der Waals surface area contributed by atoms with Crippen LogP contribution >= 0.6 is 7.92 Å². The van der Waals surface area contributed by atoms with Crippen LogP contribution in [0.1, 0.15) is 56.2 Å². The first-order valence-corrected chi connectivity index (χ1v) is 17.0. The molecule has 1 aliphatic carbocycles. The van der Waals surface area contributed by atoms with Crippen LogP contribution in [0.15, 0.2) is 102 Å². The number of allylic oxidation sites excluding steroid dienone is 4. The Labute approximate surface area is 275 Å². The van der Waals surface area contributed by atoms with Gasteiger partial charge in [-0.3, -0.25) is 4.99 Å². The molecule has 241 valence electrons. The molecule has 4 rings (SSSR count). The number of benzene rings is 3. The van der Waals surface area contributed by atoms with Gasteiger partial charge in [0.05, 0.1) is 24.2 Å². The third-order valence-corrected chi connectivity index (χ3v) is 10.3. The Hall–Kier alpha value is -2.41. The third-order valence-electron chi connectivity index (χ3n) is 6.54. The van der Waals surface area contributed by atoms with Gasteiger partial charge in [-0.2, -0.15) is 13.2 Å². The number of aryl methyl sites for hydroxylation is 3. The Bertz CT molecular complexity index is 1400. The summed E-state index contributed by atoms with van der Waals surface area (Å²) in [6.07, 6.45) is 16.2. The van der Waals surface area contributed by atoms with Crippen LogP contribution in [0.3, 0.4) is 0 Å². The number of hydrogen-bond donors (Lipinski definition) is 0. The van der Waals surface area contributed by atoms with E-state index in [1.54, 1.807) is 0 Å². The number of halogens is 3. The number of aliphatic imine (C=N–C) groups is 1. The molecule has 0 aromatic heterocycles. The molecule has 3 aromatic rings. The molecule has 1 radical (unpaired) electrons. The van der Waals surface area contributed by atoms with E-state index in [-0.39, 0.29) is 25.3 Å². The minimum atomic E-state index is -6.09. The van der Waals surface area contributed by atoms with Gasteiger partial charge in [0.1, 0.15) is 5.16 Å². The number of alkyl halides is 3. The fourth-order valence-electron chi connectivity index (χ4n) is 4.64. The summed E-state index contributed by atoms with van der Waals surface area (Å²) in [7, 11) is -7.12. The molecule has 0 spiro atoms. The van der Waals surface area contributed by atoms with E-state index in [2.05, 4.69) is 138 Å². The number of nitrogens with zero attached hydrogens (tertiary/aromatic N) is 1. The van der Waals surface area contributed by atoms with Crippen LogP contribution in [0, 0.1) is 20.8 Å². The molecule has 10 heteroatoms. The van der Waals surface area contributed by atoms with Crippen LogP contribution in [-0.2, 0) is 30.2 Å². The van der Waals surface area contributed by atoms with Crippen LogP contribution in [-0.4, -0.2) is 29.8 Å². The first kappa shape index (κ1) is 39.6. The molecule has 4 nitrogen and oxygen atoms in total. The van der Waals surface area contributed by atoms with Gasteiger partial charge in [0.15, 0.2) is 10.1 Å². The Morgan fingerprint density at radius 2 is 1.09 bits per heavy atom. The quantitative estimate of drug-likeness (QED) is 0.0851. The maximum Gasteiger partial charge on any atom is 0.485 e. The van der Waals surface area contributed by atoms with Gasteiger partial charge >= 0.3 is 5.51 Å². The first-order valence-electron chi connectivity index (χ1n) is 14.1. The predicted octanol–water partition coefficient (Wildman–Crippen LogP) is 8.68. The summed E-state index contributed by atoms with van der Waals surface area (Å²) < 4.78 is 58.9. The van der Waals surface area contributed by atoms with Gasteiger partial charge < -0.3 is 4.55 Å². The van der Waals surface area contributed by atoms with E-state index in [0.29, 0.717) is 0 Å². The van der Waals surface area contributed by atoms with Crippen molar-refractivity contribution >= 4 is 40.6 Å². The van der Waals surface area contributed by atoms with Crippen molar-refractivity contribution in [2.24, 2.45) is 4.99 Å².